The van der Waals surface area contributed by atoms with Crippen molar-refractivity contribution in [2.24, 2.45) is 20.3 Å². The number of aryl methyl sites for hydroxylation is 2. The number of guanidine groups is 2. The lowest BCUT2D eigenvalue weighted by Crippen LogP contribution is -2.44. The fourth-order valence-electron chi connectivity index (χ4n) is 3.35. The van der Waals surface area contributed by atoms with E-state index in [9.17, 15) is 43.2 Å². The maximum Gasteiger partial charge on any atom is 0.518 e. The van der Waals surface area contributed by atoms with Crippen molar-refractivity contribution in [3.05, 3.63) is 35.4 Å². The van der Waals surface area contributed by atoms with Gasteiger partial charge in [0.15, 0.2) is 0 Å². The Morgan fingerprint density at radius 3 is 1.40 bits per heavy atom. The molecule has 24 heteroatoms. The molecule has 6 N–H and O–H groups in total. The molecule has 0 amide bonds. The summed E-state index contributed by atoms with van der Waals surface area (Å²) in [7, 11) is -11.9. The molecule has 0 aromatic carbocycles. The monoisotopic (exact) mass is 730 g/mol. The highest BCUT2D eigenvalue weighted by molar-refractivity contribution is 7.98. The average Bonchev–Trinajstić information content (AvgIpc) is 3.51. The van der Waals surface area contributed by atoms with Crippen LogP contribution in [0.25, 0.3) is 0 Å². The zero-order chi connectivity index (χ0) is 34.1. The summed E-state index contributed by atoms with van der Waals surface area (Å²) in [5.41, 5.74) is 2.99. The number of halogens is 6. The second kappa shape index (κ2) is 16.1. The van der Waals surface area contributed by atoms with Gasteiger partial charge in [-0.2, -0.15) is 66.7 Å². The molecule has 2 heterocycles. The highest BCUT2D eigenvalue weighted by atomic mass is 32.2. The van der Waals surface area contributed by atoms with Gasteiger partial charge in [0.2, 0.25) is 11.9 Å². The highest BCUT2D eigenvalue weighted by Crippen LogP contribution is 2.26. The molecule has 0 aliphatic carbocycles. The molecule has 2 aromatic rings. The van der Waals surface area contributed by atoms with Gasteiger partial charge in [-0.3, -0.25) is 0 Å². The summed E-state index contributed by atoms with van der Waals surface area (Å²) in [5, 5.41) is 0. The summed E-state index contributed by atoms with van der Waals surface area (Å²) in [6, 6.07) is 0. The van der Waals surface area contributed by atoms with E-state index in [0.717, 1.165) is 32.6 Å². The molecule has 0 unspecified atom stereocenters. The van der Waals surface area contributed by atoms with E-state index in [4.69, 9.17) is 11.5 Å². The minimum Gasteiger partial charge on any atom is -0.369 e. The number of thioether (sulfide) groups is 2. The summed E-state index contributed by atoms with van der Waals surface area (Å²) < 4.78 is 129. The van der Waals surface area contributed by atoms with Crippen LogP contribution in [0.1, 0.15) is 29.2 Å². The summed E-state index contributed by atoms with van der Waals surface area (Å²) in [6.07, 6.45) is 2.90. The van der Waals surface area contributed by atoms with E-state index in [1.54, 1.807) is 13.8 Å². The van der Waals surface area contributed by atoms with E-state index in [0.29, 0.717) is 11.5 Å². The molecular formula is C21H32F6N10O4S4. The Morgan fingerprint density at radius 1 is 0.756 bits per heavy atom. The van der Waals surface area contributed by atoms with Gasteiger partial charge >= 0.3 is 31.1 Å². The molecule has 0 saturated heterocycles. The van der Waals surface area contributed by atoms with Crippen LogP contribution in [0.15, 0.2) is 21.5 Å². The lowest BCUT2D eigenvalue weighted by atomic mass is 10.3. The number of H-pyrrole nitrogens is 2. The number of nitrogens with one attached hydrogen (secondary N) is 2. The summed E-state index contributed by atoms with van der Waals surface area (Å²) in [5.74, 6) is -0.580. The van der Waals surface area contributed by atoms with Gasteiger partial charge in [-0.15, -0.1) is 8.80 Å². The number of alkyl halides is 6. The molecule has 0 spiro atoms. The quantitative estimate of drug-likeness (QED) is 0.0849. The third-order valence-corrected chi connectivity index (χ3v) is 9.80. The summed E-state index contributed by atoms with van der Waals surface area (Å²) >= 11 is 2.64. The Balaban J connectivity index is 2.18. The summed E-state index contributed by atoms with van der Waals surface area (Å²) in [4.78, 5) is 16.2. The van der Waals surface area contributed by atoms with Crippen molar-refractivity contribution in [1.29, 1.82) is 0 Å². The van der Waals surface area contributed by atoms with E-state index in [2.05, 4.69) is 28.7 Å². The van der Waals surface area contributed by atoms with Gasteiger partial charge in [0, 0.05) is 60.6 Å². The van der Waals surface area contributed by atoms with E-state index >= 15 is 0 Å². The number of sulfonamides is 2. The molecule has 0 radical (unpaired) electrons. The first-order valence-corrected chi connectivity index (χ1v) is 17.9. The molecule has 0 bridgehead atoms. The Bertz CT molecular complexity index is 1410. The zero-order valence-electron chi connectivity index (χ0n) is 23.9. The number of imidazole rings is 2. The van der Waals surface area contributed by atoms with Crippen LogP contribution in [-0.2, 0) is 31.6 Å². The molecule has 2 aromatic heterocycles. The van der Waals surface area contributed by atoms with E-state index in [1.165, 1.54) is 36.2 Å². The van der Waals surface area contributed by atoms with E-state index < -0.39 is 43.0 Å². The van der Waals surface area contributed by atoms with Crippen LogP contribution in [0.4, 0.5) is 26.3 Å². The molecule has 0 fully saturated rings. The van der Waals surface area contributed by atoms with Crippen LogP contribution in [0, 0.1) is 13.8 Å². The van der Waals surface area contributed by atoms with Gasteiger partial charge < -0.3 is 31.2 Å². The molecule has 256 valence electrons. The van der Waals surface area contributed by atoms with Crippen molar-refractivity contribution in [2.45, 2.75) is 42.8 Å². The van der Waals surface area contributed by atoms with Crippen molar-refractivity contribution in [3.8, 4) is 0 Å². The van der Waals surface area contributed by atoms with Crippen LogP contribution < -0.4 is 11.5 Å². The number of nitrogens with two attached hydrogens (primary N) is 2. The molecule has 0 aliphatic rings. The van der Waals surface area contributed by atoms with Crippen molar-refractivity contribution in [3.63, 3.8) is 0 Å². The fraction of sp³-hybridized carbons (Fsp3) is 0.619. The number of rotatable bonds is 16. The van der Waals surface area contributed by atoms with Gasteiger partial charge in [-0.1, -0.05) is 0 Å². The predicted octanol–water partition coefficient (Wildman–Crippen LogP) is 2.24. The molecule has 2 rings (SSSR count). The minimum absolute atomic E-state index is 0.0677. The Kier molecular flexibility index (Phi) is 13.7. The van der Waals surface area contributed by atoms with Gasteiger partial charge in [0.1, 0.15) is 0 Å². The molecule has 45 heavy (non-hydrogen) atoms. The lowest BCUT2D eigenvalue weighted by Gasteiger charge is -2.27. The minimum atomic E-state index is -5.97. The van der Waals surface area contributed by atoms with Crippen LogP contribution in [0.2, 0.25) is 0 Å². The van der Waals surface area contributed by atoms with E-state index in [1.807, 2.05) is 0 Å². The zero-order valence-corrected chi connectivity index (χ0v) is 27.2. The van der Waals surface area contributed by atoms with Gasteiger partial charge in [0.25, 0.3) is 0 Å². The summed E-state index contributed by atoms with van der Waals surface area (Å²) in [6.45, 7) is 3.00. The van der Waals surface area contributed by atoms with Crippen molar-refractivity contribution >= 4 is 55.5 Å². The van der Waals surface area contributed by atoms with Crippen LogP contribution >= 0.6 is 23.5 Å². The third-order valence-electron chi connectivity index (χ3n) is 5.87. The number of nitrogens with zero attached hydrogens (tertiary/aromatic N) is 6. The largest absolute Gasteiger partial charge is 0.518 e. The normalized spacial score (nSPS) is 13.8. The van der Waals surface area contributed by atoms with Crippen molar-refractivity contribution < 1.29 is 43.2 Å². The Labute approximate surface area is 264 Å². The first kappa shape index (κ1) is 38.3. The standard InChI is InChI=1S/C21H32F6N10O4S4/c1-14-16(32-12-30-14)10-42-8-6-36(18(28)34-44(38,39)20(22,23)24)4-3-5-37(19(29)35-45(40,41)21(25,26)27)7-9-43-11-17-15(2)31-13-33-17/h12-13H,3-11H2,1-2H3,(H2,28,34)(H2,29,35)(H,30,32)(H,31,33). The van der Waals surface area contributed by atoms with E-state index in [-0.39, 0.29) is 44.1 Å². The maximum atomic E-state index is 12.9. The van der Waals surface area contributed by atoms with Crippen LogP contribution in [0.5, 0.6) is 0 Å². The van der Waals surface area contributed by atoms with Crippen molar-refractivity contribution in [2.75, 3.05) is 37.7 Å². The SMILES string of the molecule is Cc1[nH]cnc1CSCCN(CCCN(CCSCc1nc[nH]c1C)C(N)=NS(=O)(=O)C(F)(F)F)C(N)=NS(=O)(=O)C(F)(F)F. The fourth-order valence-corrected chi connectivity index (χ4v) is 6.24. The molecule has 0 atom stereocenters. The highest BCUT2D eigenvalue weighted by Gasteiger charge is 2.47. The smallest absolute Gasteiger partial charge is 0.369 e. The van der Waals surface area contributed by atoms with Gasteiger partial charge in [-0.05, 0) is 20.3 Å². The number of hydrogen-bond donors (Lipinski definition) is 4. The number of hydrogen-bond acceptors (Lipinski definition) is 8. The van der Waals surface area contributed by atoms with Crippen molar-refractivity contribution in [1.82, 2.24) is 29.7 Å². The topological polar surface area (TPSA) is 209 Å². The number of aromatic amines is 2. The number of aromatic nitrogens is 4. The molecule has 14 nitrogen and oxygen atoms in total. The Morgan fingerprint density at radius 2 is 1.11 bits per heavy atom. The third kappa shape index (κ3) is 11.8. The second-order valence-electron chi connectivity index (χ2n) is 9.12. The first-order valence-electron chi connectivity index (χ1n) is 12.7. The van der Waals surface area contributed by atoms with Gasteiger partial charge in [-0.25, -0.2) is 9.97 Å². The molecular weight excluding hydrogens is 699 g/mol. The first-order chi connectivity index (χ1) is 20.7. The van der Waals surface area contributed by atoms with Crippen LogP contribution in [-0.4, -0.2) is 107 Å². The Hall–Kier alpha value is -2.86. The molecule has 0 aliphatic heterocycles. The molecule has 0 saturated carbocycles. The predicted molar refractivity (Wildman–Crippen MR) is 160 cm³/mol. The second-order valence-corrected chi connectivity index (χ2v) is 14.5. The average molecular weight is 731 g/mol. The van der Waals surface area contributed by atoms with Gasteiger partial charge in [0.05, 0.1) is 24.0 Å². The lowest BCUT2D eigenvalue weighted by molar-refractivity contribution is -0.0441. The maximum absolute atomic E-state index is 12.9. The van der Waals surface area contributed by atoms with Crippen LogP contribution in [0.3, 0.4) is 0 Å².